The maximum absolute atomic E-state index is 10.7. The number of benzene rings is 1. The molecule has 0 atom stereocenters. The third-order valence-corrected chi connectivity index (χ3v) is 4.61. The normalized spacial score (nSPS) is 11.9. The number of pyridine rings is 1. The summed E-state index contributed by atoms with van der Waals surface area (Å²) in [5, 5.41) is 5.59. The molecule has 0 saturated carbocycles. The summed E-state index contributed by atoms with van der Waals surface area (Å²) < 4.78 is 11.0. The van der Waals surface area contributed by atoms with Gasteiger partial charge in [0.15, 0.2) is 0 Å². The largest absolute Gasteiger partial charge is 0.490 e. The number of methoxy groups -OCH3 is 1. The van der Waals surface area contributed by atoms with Gasteiger partial charge in [0.2, 0.25) is 6.41 Å². The lowest BCUT2D eigenvalue weighted by Gasteiger charge is -2.13. The molecule has 0 aliphatic heterocycles. The van der Waals surface area contributed by atoms with Gasteiger partial charge in [-0.2, -0.15) is 0 Å². The van der Waals surface area contributed by atoms with E-state index in [1.165, 1.54) is 0 Å². The average Bonchev–Trinajstić information content (AvgIpc) is 2.66. The van der Waals surface area contributed by atoms with Gasteiger partial charge in [-0.15, -0.1) is 0 Å². The van der Waals surface area contributed by atoms with E-state index in [2.05, 4.69) is 23.7 Å². The van der Waals surface area contributed by atoms with Crippen molar-refractivity contribution in [3.05, 3.63) is 47.5 Å². The number of allylic oxidation sites excluding steroid dienone is 2. The molecule has 1 amide bonds. The first-order valence-electron chi connectivity index (χ1n) is 8.48. The van der Waals surface area contributed by atoms with Crippen molar-refractivity contribution >= 4 is 39.7 Å². The fourth-order valence-electron chi connectivity index (χ4n) is 2.33. The molecule has 1 aromatic heterocycles. The molecule has 0 spiro atoms. The van der Waals surface area contributed by atoms with Gasteiger partial charge in [-0.1, -0.05) is 30.8 Å². The highest BCUT2D eigenvalue weighted by molar-refractivity contribution is 8.10. The molecule has 1 heterocycles. The van der Waals surface area contributed by atoms with Crippen molar-refractivity contribution < 1.29 is 14.3 Å². The first kappa shape index (κ1) is 20.0. The van der Waals surface area contributed by atoms with Crippen molar-refractivity contribution in [2.45, 2.75) is 20.3 Å². The van der Waals surface area contributed by atoms with Crippen LogP contribution >= 0.6 is 11.8 Å². The molecule has 0 aliphatic rings. The third kappa shape index (κ3) is 5.34. The van der Waals surface area contributed by atoms with Crippen molar-refractivity contribution in [3.8, 4) is 5.75 Å². The molecule has 138 valence electrons. The molecule has 0 bridgehead atoms. The molecular weight excluding hydrogens is 348 g/mol. The van der Waals surface area contributed by atoms with Crippen LogP contribution in [0, 0.1) is 0 Å². The highest BCUT2D eigenvalue weighted by atomic mass is 32.2. The van der Waals surface area contributed by atoms with Gasteiger partial charge in [0.05, 0.1) is 17.8 Å². The number of ether oxygens (including phenoxy) is 2. The lowest BCUT2D eigenvalue weighted by molar-refractivity contribution is -0.105. The Balaban J connectivity index is 2.46. The third-order valence-electron chi connectivity index (χ3n) is 3.58. The lowest BCUT2D eigenvalue weighted by atomic mass is 10.1. The summed E-state index contributed by atoms with van der Waals surface area (Å²) in [5.41, 5.74) is 2.37. The molecule has 2 aromatic rings. The van der Waals surface area contributed by atoms with Crippen LogP contribution in [0.2, 0.25) is 0 Å². The number of fused-ring (bicyclic) bond motifs is 1. The van der Waals surface area contributed by atoms with E-state index in [4.69, 9.17) is 14.5 Å². The van der Waals surface area contributed by atoms with Gasteiger partial charge in [0.25, 0.3) is 0 Å². The van der Waals surface area contributed by atoms with E-state index in [9.17, 15) is 4.79 Å². The van der Waals surface area contributed by atoms with Crippen LogP contribution < -0.4 is 10.1 Å². The monoisotopic (exact) mass is 372 g/mol. The molecule has 0 aliphatic carbocycles. The number of carbonyl (C=O) groups excluding carboxylic acids is 1. The number of thioether (sulfide) groups is 1. The van der Waals surface area contributed by atoms with Crippen LogP contribution in [0.5, 0.6) is 5.75 Å². The van der Waals surface area contributed by atoms with Crippen LogP contribution in [0.4, 0.5) is 5.69 Å². The summed E-state index contributed by atoms with van der Waals surface area (Å²) in [5.74, 6) is 0.719. The fourth-order valence-corrected chi connectivity index (χ4v) is 3.12. The Labute approximate surface area is 158 Å². The summed E-state index contributed by atoms with van der Waals surface area (Å²) in [6, 6.07) is 7.51. The van der Waals surface area contributed by atoms with Crippen molar-refractivity contribution in [3.63, 3.8) is 0 Å². The van der Waals surface area contributed by atoms with Crippen molar-refractivity contribution in [1.29, 1.82) is 0 Å². The second-order valence-electron chi connectivity index (χ2n) is 5.39. The first-order chi connectivity index (χ1) is 12.7. The van der Waals surface area contributed by atoms with E-state index >= 15 is 0 Å². The van der Waals surface area contributed by atoms with Crippen molar-refractivity contribution in [2.24, 2.45) is 0 Å². The molecule has 2 rings (SSSR count). The highest BCUT2D eigenvalue weighted by Gasteiger charge is 2.11. The van der Waals surface area contributed by atoms with Crippen LogP contribution in [-0.2, 0) is 9.53 Å². The molecule has 0 unspecified atom stereocenters. The molecule has 0 fully saturated rings. The molecule has 1 aromatic carbocycles. The number of rotatable bonds is 10. The molecule has 6 heteroatoms. The minimum atomic E-state index is 0.439. The Morgan fingerprint density at radius 2 is 2.15 bits per heavy atom. The van der Waals surface area contributed by atoms with Gasteiger partial charge in [0, 0.05) is 29.2 Å². The van der Waals surface area contributed by atoms with Crippen molar-refractivity contribution in [2.75, 3.05) is 25.6 Å². The molecule has 5 nitrogen and oxygen atoms in total. The number of carbonyl (C=O) groups is 1. The van der Waals surface area contributed by atoms with Crippen LogP contribution in [0.3, 0.4) is 0 Å². The maximum Gasteiger partial charge on any atom is 0.211 e. The fraction of sp³-hybridized carbons (Fsp3) is 0.300. The first-order valence-corrected chi connectivity index (χ1v) is 9.36. The Kier molecular flexibility index (Phi) is 8.18. The number of amides is 1. The number of anilines is 1. The van der Waals surface area contributed by atoms with E-state index in [-0.39, 0.29) is 0 Å². The van der Waals surface area contributed by atoms with E-state index in [1.54, 1.807) is 18.9 Å². The van der Waals surface area contributed by atoms with E-state index in [0.29, 0.717) is 25.3 Å². The zero-order valence-corrected chi connectivity index (χ0v) is 16.1. The summed E-state index contributed by atoms with van der Waals surface area (Å²) in [4.78, 5) is 16.5. The van der Waals surface area contributed by atoms with Crippen LogP contribution in [0.1, 0.15) is 26.0 Å². The van der Waals surface area contributed by atoms with Crippen molar-refractivity contribution in [1.82, 2.24) is 4.98 Å². The zero-order valence-electron chi connectivity index (χ0n) is 15.3. The van der Waals surface area contributed by atoms with Crippen LogP contribution in [0.15, 0.2) is 41.8 Å². The maximum atomic E-state index is 10.7. The Morgan fingerprint density at radius 1 is 1.31 bits per heavy atom. The lowest BCUT2D eigenvalue weighted by Crippen LogP contribution is -2.05. The topological polar surface area (TPSA) is 60.5 Å². The quantitative estimate of drug-likeness (QED) is 0.477. The predicted molar refractivity (Wildman–Crippen MR) is 109 cm³/mol. The summed E-state index contributed by atoms with van der Waals surface area (Å²) >= 11 is 1.64. The molecule has 0 radical (unpaired) electrons. The standard InChI is InChI=1S/C20H24N2O3S/c1-4-6-11-26-20(5-2)18-13-19(25-10-9-24-3)16-12-15(21-14-23)7-8-17(16)22-18/h5-8,11-14H,4,9-10H2,1-3H3,(H,21,23)/b11-6-,20-5-. The van der Waals surface area contributed by atoms with Gasteiger partial charge >= 0.3 is 0 Å². The Hall–Kier alpha value is -2.31. The van der Waals surface area contributed by atoms with Crippen LogP contribution in [-0.4, -0.2) is 31.7 Å². The zero-order chi connectivity index (χ0) is 18.8. The van der Waals surface area contributed by atoms with Gasteiger partial charge in [-0.05, 0) is 37.0 Å². The molecule has 1 N–H and O–H groups in total. The number of hydrogen-bond acceptors (Lipinski definition) is 5. The van der Waals surface area contributed by atoms with Gasteiger partial charge < -0.3 is 14.8 Å². The minimum Gasteiger partial charge on any atom is -0.490 e. The van der Waals surface area contributed by atoms with Gasteiger partial charge in [-0.25, -0.2) is 4.98 Å². The van der Waals surface area contributed by atoms with E-state index in [1.807, 2.05) is 37.3 Å². The van der Waals surface area contributed by atoms with Crippen LogP contribution in [0.25, 0.3) is 15.8 Å². The second-order valence-corrected chi connectivity index (χ2v) is 6.34. The smallest absolute Gasteiger partial charge is 0.211 e. The highest BCUT2D eigenvalue weighted by Crippen LogP contribution is 2.34. The summed E-state index contributed by atoms with van der Waals surface area (Å²) in [6.45, 7) is 5.04. The molecular formula is C20H24N2O3S. The number of aromatic nitrogens is 1. The number of nitrogens with zero attached hydrogens (tertiary/aromatic N) is 1. The van der Waals surface area contributed by atoms with E-state index < -0.39 is 0 Å². The predicted octanol–water partition coefficient (Wildman–Crippen LogP) is 4.85. The summed E-state index contributed by atoms with van der Waals surface area (Å²) in [6.07, 6.45) is 5.80. The Morgan fingerprint density at radius 3 is 2.85 bits per heavy atom. The Bertz CT molecular complexity index is 803. The summed E-state index contributed by atoms with van der Waals surface area (Å²) in [7, 11) is 1.64. The van der Waals surface area contributed by atoms with Gasteiger partial charge in [-0.3, -0.25) is 4.79 Å². The SMILES string of the molecule is C/C=C(\S/C=C\CC)c1cc(OCCOC)c2cc(NC=O)ccc2n1. The number of hydrogen-bond donors (Lipinski definition) is 1. The second kappa shape index (κ2) is 10.6. The average molecular weight is 372 g/mol. The van der Waals surface area contributed by atoms with Gasteiger partial charge in [0.1, 0.15) is 12.4 Å². The van der Waals surface area contributed by atoms with E-state index in [0.717, 1.165) is 33.7 Å². The molecule has 0 saturated heterocycles. The number of nitrogens with one attached hydrogen (secondary N) is 1. The minimum absolute atomic E-state index is 0.439. The molecule has 26 heavy (non-hydrogen) atoms.